The molecule has 46 heavy (non-hydrogen) atoms. The minimum absolute atomic E-state index is 0.0461. The fourth-order valence-corrected chi connectivity index (χ4v) is 9.23. The lowest BCUT2D eigenvalue weighted by atomic mass is 9.71. The minimum atomic E-state index is -4.34. The number of likely N-dealkylation sites (tertiary alicyclic amines) is 1. The lowest BCUT2D eigenvalue weighted by Crippen LogP contribution is -2.48. The minimum Gasteiger partial charge on any atom is -0.497 e. The molecule has 1 aliphatic carbocycles. The van der Waals surface area contributed by atoms with Crippen LogP contribution >= 0.6 is 0 Å². The number of alkyl halides is 3. The van der Waals surface area contributed by atoms with E-state index < -0.39 is 27.8 Å². The molecule has 3 aliphatic rings. The summed E-state index contributed by atoms with van der Waals surface area (Å²) in [5.74, 6) is 0.561. The van der Waals surface area contributed by atoms with Crippen molar-refractivity contribution in [3.63, 3.8) is 0 Å². The number of ether oxygens (including phenoxy) is 1. The zero-order valence-corrected chi connectivity index (χ0v) is 27.2. The molecule has 1 atom stereocenters. The van der Waals surface area contributed by atoms with Gasteiger partial charge < -0.3 is 14.5 Å². The van der Waals surface area contributed by atoms with E-state index in [0.717, 1.165) is 74.1 Å². The van der Waals surface area contributed by atoms with Gasteiger partial charge in [0.1, 0.15) is 5.75 Å². The van der Waals surface area contributed by atoms with E-state index >= 15 is 0 Å². The lowest BCUT2D eigenvalue weighted by Gasteiger charge is -2.47. The fourth-order valence-electron chi connectivity index (χ4n) is 7.52. The van der Waals surface area contributed by atoms with E-state index in [1.807, 2.05) is 23.1 Å². The van der Waals surface area contributed by atoms with Gasteiger partial charge in [-0.25, -0.2) is 13.1 Å². The Labute approximate surface area is 268 Å². The standard InChI is InChI=1S/C35H40F3N3O4S/c1-23-20-29(45-3)21-24(2)32(23)46(43,44)39-31-11-6-25-4-5-26(22-30(25)31)33(42)41-18-14-34(15-19-41)12-16-40(17-13-34)28-9-7-27(8-10-28)35(36,37)38/h4-5,7-10,20-22,31,39H,6,11-19H2,1-3H3. The van der Waals surface area contributed by atoms with Crippen molar-refractivity contribution in [2.24, 2.45) is 5.41 Å². The predicted molar refractivity (Wildman–Crippen MR) is 171 cm³/mol. The van der Waals surface area contributed by atoms with Crippen LogP contribution in [0.5, 0.6) is 5.75 Å². The zero-order chi connectivity index (χ0) is 32.9. The van der Waals surface area contributed by atoms with Crippen LogP contribution in [0.3, 0.4) is 0 Å². The molecule has 246 valence electrons. The number of hydrogen-bond donors (Lipinski definition) is 1. The number of methoxy groups -OCH3 is 1. The van der Waals surface area contributed by atoms with Gasteiger partial charge in [-0.15, -0.1) is 0 Å². The van der Waals surface area contributed by atoms with Gasteiger partial charge in [0.15, 0.2) is 0 Å². The number of piperidine rings is 2. The van der Waals surface area contributed by atoms with E-state index in [4.69, 9.17) is 4.74 Å². The van der Waals surface area contributed by atoms with Crippen LogP contribution in [0.1, 0.15) is 76.3 Å². The second kappa shape index (κ2) is 12.2. The van der Waals surface area contributed by atoms with Gasteiger partial charge in [-0.05, 0) is 129 Å². The smallest absolute Gasteiger partial charge is 0.416 e. The maximum atomic E-state index is 13.7. The van der Waals surface area contributed by atoms with E-state index in [2.05, 4.69) is 9.62 Å². The van der Waals surface area contributed by atoms with Crippen LogP contribution in [0.4, 0.5) is 18.9 Å². The number of anilines is 1. The number of carbonyl (C=O) groups is 1. The number of rotatable bonds is 6. The molecule has 2 saturated heterocycles. The highest BCUT2D eigenvalue weighted by Crippen LogP contribution is 2.43. The third-order valence-corrected chi connectivity index (χ3v) is 12.0. The number of sulfonamides is 1. The first kappa shape index (κ1) is 32.4. The second-order valence-electron chi connectivity index (χ2n) is 13.0. The van der Waals surface area contributed by atoms with Gasteiger partial charge in [-0.1, -0.05) is 6.07 Å². The van der Waals surface area contributed by atoms with Crippen molar-refractivity contribution in [3.05, 3.63) is 88.0 Å². The van der Waals surface area contributed by atoms with E-state index in [0.29, 0.717) is 42.0 Å². The number of nitrogens with zero attached hydrogens (tertiary/aromatic N) is 2. The fraction of sp³-hybridized carbons (Fsp3) is 0.457. The van der Waals surface area contributed by atoms with Crippen LogP contribution in [0, 0.1) is 19.3 Å². The Morgan fingerprint density at radius 3 is 2.11 bits per heavy atom. The number of amides is 1. The average Bonchev–Trinajstić information content (AvgIpc) is 3.41. The number of nitrogens with one attached hydrogen (secondary N) is 1. The summed E-state index contributed by atoms with van der Waals surface area (Å²) in [5, 5.41) is 0. The van der Waals surface area contributed by atoms with Crippen LogP contribution in [0.2, 0.25) is 0 Å². The van der Waals surface area contributed by atoms with E-state index in [9.17, 15) is 26.4 Å². The summed E-state index contributed by atoms with van der Waals surface area (Å²) in [5.41, 5.74) is 3.97. The van der Waals surface area contributed by atoms with E-state index in [-0.39, 0.29) is 16.2 Å². The number of aryl methyl sites for hydroxylation is 3. The van der Waals surface area contributed by atoms with Gasteiger partial charge in [0.2, 0.25) is 10.0 Å². The Morgan fingerprint density at radius 1 is 0.913 bits per heavy atom. The molecule has 1 N–H and O–H groups in total. The summed E-state index contributed by atoms with van der Waals surface area (Å²) in [7, 11) is -2.27. The number of halogens is 3. The highest BCUT2D eigenvalue weighted by molar-refractivity contribution is 7.89. The molecular weight excluding hydrogens is 615 g/mol. The van der Waals surface area contributed by atoms with Gasteiger partial charge in [0.25, 0.3) is 5.91 Å². The van der Waals surface area contributed by atoms with Gasteiger partial charge in [0, 0.05) is 43.5 Å². The third-order valence-electron chi connectivity index (χ3n) is 10.2. The molecule has 1 spiro atoms. The largest absolute Gasteiger partial charge is 0.497 e. The molecule has 1 unspecified atom stereocenters. The first-order valence-electron chi connectivity index (χ1n) is 15.8. The molecule has 2 fully saturated rings. The summed E-state index contributed by atoms with van der Waals surface area (Å²) >= 11 is 0. The van der Waals surface area contributed by atoms with Crippen molar-refractivity contribution in [3.8, 4) is 5.75 Å². The molecule has 3 aromatic carbocycles. The Morgan fingerprint density at radius 2 is 1.52 bits per heavy atom. The van der Waals surface area contributed by atoms with Gasteiger partial charge >= 0.3 is 6.18 Å². The van der Waals surface area contributed by atoms with Crippen LogP contribution in [0.25, 0.3) is 0 Å². The second-order valence-corrected chi connectivity index (χ2v) is 14.7. The normalized spacial score (nSPS) is 19.7. The molecule has 0 aromatic heterocycles. The van der Waals surface area contributed by atoms with Crippen molar-refractivity contribution in [1.82, 2.24) is 9.62 Å². The molecule has 0 radical (unpaired) electrons. The number of benzene rings is 3. The van der Waals surface area contributed by atoms with E-state index in [1.165, 1.54) is 0 Å². The zero-order valence-electron chi connectivity index (χ0n) is 26.4. The van der Waals surface area contributed by atoms with Crippen molar-refractivity contribution >= 4 is 21.6 Å². The molecule has 2 heterocycles. The topological polar surface area (TPSA) is 78.9 Å². The van der Waals surface area contributed by atoms with Gasteiger partial charge in [-0.2, -0.15) is 13.2 Å². The van der Waals surface area contributed by atoms with Gasteiger partial charge in [0.05, 0.1) is 17.6 Å². The number of fused-ring (bicyclic) bond motifs is 1. The molecule has 3 aromatic rings. The van der Waals surface area contributed by atoms with Crippen molar-refractivity contribution < 1.29 is 31.1 Å². The maximum Gasteiger partial charge on any atom is 0.416 e. The molecule has 11 heteroatoms. The summed E-state index contributed by atoms with van der Waals surface area (Å²) in [6.45, 7) is 6.35. The summed E-state index contributed by atoms with van der Waals surface area (Å²) in [6.07, 6.45) is 0.642. The molecule has 1 amide bonds. The monoisotopic (exact) mass is 655 g/mol. The predicted octanol–water partition coefficient (Wildman–Crippen LogP) is 6.82. The number of carbonyl (C=O) groups excluding carboxylic acids is 1. The van der Waals surface area contributed by atoms with Crippen LogP contribution in [0.15, 0.2) is 59.5 Å². The Hall–Kier alpha value is -3.57. The Balaban J connectivity index is 1.08. The summed E-state index contributed by atoms with van der Waals surface area (Å²) in [4.78, 5) is 18.0. The van der Waals surface area contributed by atoms with Crippen molar-refractivity contribution in [1.29, 1.82) is 0 Å². The highest BCUT2D eigenvalue weighted by atomic mass is 32.2. The molecule has 0 bridgehead atoms. The molecule has 2 aliphatic heterocycles. The quantitative estimate of drug-likeness (QED) is 0.316. The molecule has 7 nitrogen and oxygen atoms in total. The highest BCUT2D eigenvalue weighted by Gasteiger charge is 2.39. The van der Waals surface area contributed by atoms with Crippen molar-refractivity contribution in [2.75, 3.05) is 38.2 Å². The summed E-state index contributed by atoms with van der Waals surface area (Å²) < 4.78 is 74.2. The summed E-state index contributed by atoms with van der Waals surface area (Å²) in [6, 6.07) is 14.0. The molecule has 6 rings (SSSR count). The average molecular weight is 656 g/mol. The van der Waals surface area contributed by atoms with Crippen LogP contribution < -0.4 is 14.4 Å². The first-order chi connectivity index (χ1) is 21.8. The van der Waals surface area contributed by atoms with Crippen molar-refractivity contribution in [2.45, 2.75) is 69.5 Å². The molecule has 0 saturated carbocycles. The third kappa shape index (κ3) is 6.36. The van der Waals surface area contributed by atoms with E-state index in [1.54, 1.807) is 45.2 Å². The Bertz CT molecular complexity index is 1700. The SMILES string of the molecule is COc1cc(C)c(S(=O)(=O)NC2CCc3ccc(C(=O)N4CCC5(CC4)CCN(c4ccc(C(F)(F)F)cc4)CC5)cc32)c(C)c1. The number of hydrogen-bond acceptors (Lipinski definition) is 5. The maximum absolute atomic E-state index is 13.7. The lowest BCUT2D eigenvalue weighted by molar-refractivity contribution is -0.137. The molecular formula is C35H40F3N3O4S. The first-order valence-corrected chi connectivity index (χ1v) is 17.3. The Kier molecular flexibility index (Phi) is 8.60. The van der Waals surface area contributed by atoms with Crippen LogP contribution in [-0.2, 0) is 22.6 Å². The van der Waals surface area contributed by atoms with Gasteiger partial charge in [-0.3, -0.25) is 4.79 Å². The van der Waals surface area contributed by atoms with Crippen LogP contribution in [-0.4, -0.2) is 52.5 Å².